The molecule has 0 amide bonds. The maximum atomic E-state index is 11.4. The van der Waals surface area contributed by atoms with Gasteiger partial charge in [-0.15, -0.1) is 0 Å². The third-order valence-corrected chi connectivity index (χ3v) is 7.17. The second kappa shape index (κ2) is 7.33. The van der Waals surface area contributed by atoms with E-state index in [2.05, 4.69) is 44.2 Å². The predicted octanol–water partition coefficient (Wildman–Crippen LogP) is 6.88. The van der Waals surface area contributed by atoms with Gasteiger partial charge in [0.15, 0.2) is 11.5 Å². The average Bonchev–Trinajstić information content (AvgIpc) is 3.16. The van der Waals surface area contributed by atoms with Gasteiger partial charge in [0.1, 0.15) is 34.6 Å². The lowest BCUT2D eigenvalue weighted by Gasteiger charge is -2.33. The van der Waals surface area contributed by atoms with Gasteiger partial charge in [0.25, 0.3) is 0 Å². The van der Waals surface area contributed by atoms with E-state index in [0.717, 1.165) is 45.1 Å². The first-order valence-corrected chi connectivity index (χ1v) is 12.3. The van der Waals surface area contributed by atoms with Gasteiger partial charge in [0, 0.05) is 33.9 Å². The molecule has 0 spiro atoms. The summed E-state index contributed by atoms with van der Waals surface area (Å²) in [5.74, 6) is 3.06. The number of allylic oxidation sites excluding steroid dienone is 2. The standard InChI is InChI=1S/C30H32O5/c1-16(2)7-8-19-25(31)28-18(10-12-30(5,6)35-28)24-21-15-32-23-14-22-17(9-11-29(3,4)34-22)13-20(23)26(21)33-27(19)24/h7,9-14,21,26,31H,8,15H2,1-6H3. The summed E-state index contributed by atoms with van der Waals surface area (Å²) in [4.78, 5) is 0. The van der Waals surface area contributed by atoms with E-state index < -0.39 is 5.60 Å². The zero-order chi connectivity index (χ0) is 24.7. The van der Waals surface area contributed by atoms with Crippen molar-refractivity contribution in [1.29, 1.82) is 0 Å². The highest BCUT2D eigenvalue weighted by Gasteiger charge is 2.46. The molecule has 4 aliphatic rings. The third-order valence-electron chi connectivity index (χ3n) is 7.17. The molecule has 1 N–H and O–H groups in total. The summed E-state index contributed by atoms with van der Waals surface area (Å²) in [6.07, 6.45) is 10.8. The van der Waals surface area contributed by atoms with Crippen LogP contribution in [0.25, 0.3) is 12.2 Å². The molecule has 5 heteroatoms. The Kier molecular flexibility index (Phi) is 4.64. The highest BCUT2D eigenvalue weighted by atomic mass is 16.5. The second-order valence-electron chi connectivity index (χ2n) is 11.3. The predicted molar refractivity (Wildman–Crippen MR) is 137 cm³/mol. The Hall–Kier alpha value is -3.34. The number of aromatic hydroxyl groups is 1. The molecule has 4 aliphatic heterocycles. The molecule has 4 heterocycles. The topological polar surface area (TPSA) is 57.2 Å². The molecule has 5 nitrogen and oxygen atoms in total. The fraction of sp³-hybridized carbons (Fsp3) is 0.400. The third kappa shape index (κ3) is 3.51. The van der Waals surface area contributed by atoms with Crippen molar-refractivity contribution in [2.45, 2.75) is 71.2 Å². The van der Waals surface area contributed by atoms with E-state index in [1.54, 1.807) is 0 Å². The first-order valence-electron chi connectivity index (χ1n) is 12.3. The lowest BCUT2D eigenvalue weighted by molar-refractivity contribution is 0.134. The Morgan fingerprint density at radius 3 is 2.51 bits per heavy atom. The van der Waals surface area contributed by atoms with Crippen LogP contribution in [0.5, 0.6) is 28.7 Å². The van der Waals surface area contributed by atoms with Crippen molar-refractivity contribution in [3.05, 3.63) is 63.8 Å². The Labute approximate surface area is 206 Å². The fourth-order valence-electron chi connectivity index (χ4n) is 5.39. The smallest absolute Gasteiger partial charge is 0.170 e. The molecule has 2 aromatic carbocycles. The Morgan fingerprint density at radius 2 is 1.74 bits per heavy atom. The summed E-state index contributed by atoms with van der Waals surface area (Å²) >= 11 is 0. The summed E-state index contributed by atoms with van der Waals surface area (Å²) in [7, 11) is 0. The van der Waals surface area contributed by atoms with E-state index in [1.807, 2.05) is 39.8 Å². The molecule has 2 unspecified atom stereocenters. The molecule has 0 saturated heterocycles. The molecule has 35 heavy (non-hydrogen) atoms. The van der Waals surface area contributed by atoms with Crippen molar-refractivity contribution in [3.8, 4) is 28.7 Å². The van der Waals surface area contributed by atoms with Gasteiger partial charge in [-0.25, -0.2) is 0 Å². The molecule has 2 atom stereocenters. The summed E-state index contributed by atoms with van der Waals surface area (Å²) in [5, 5.41) is 11.4. The molecule has 0 radical (unpaired) electrons. The number of hydrogen-bond donors (Lipinski definition) is 1. The lowest BCUT2D eigenvalue weighted by Crippen LogP contribution is -2.29. The molecule has 0 fully saturated rings. The van der Waals surface area contributed by atoms with Gasteiger partial charge in [0.2, 0.25) is 0 Å². The summed E-state index contributed by atoms with van der Waals surface area (Å²) in [6, 6.07) is 4.11. The average molecular weight is 473 g/mol. The minimum atomic E-state index is -0.500. The summed E-state index contributed by atoms with van der Waals surface area (Å²) in [5.41, 5.74) is 5.07. The maximum absolute atomic E-state index is 11.4. The van der Waals surface area contributed by atoms with Crippen LogP contribution < -0.4 is 18.9 Å². The van der Waals surface area contributed by atoms with Gasteiger partial charge < -0.3 is 24.1 Å². The number of hydrogen-bond acceptors (Lipinski definition) is 5. The number of phenolic OH excluding ortho intramolecular Hbond substituents is 1. The van der Waals surface area contributed by atoms with Crippen LogP contribution in [0.2, 0.25) is 0 Å². The van der Waals surface area contributed by atoms with Crippen molar-refractivity contribution in [3.63, 3.8) is 0 Å². The minimum Gasteiger partial charge on any atom is -0.504 e. The Morgan fingerprint density at radius 1 is 1.00 bits per heavy atom. The zero-order valence-corrected chi connectivity index (χ0v) is 21.2. The van der Waals surface area contributed by atoms with E-state index >= 15 is 0 Å². The quantitative estimate of drug-likeness (QED) is 0.483. The lowest BCUT2D eigenvalue weighted by atomic mass is 9.83. The molecular weight excluding hydrogens is 440 g/mol. The van der Waals surface area contributed by atoms with Crippen molar-refractivity contribution < 1.29 is 24.1 Å². The second-order valence-corrected chi connectivity index (χ2v) is 11.3. The number of fused-ring (bicyclic) bond motifs is 8. The van der Waals surface area contributed by atoms with Crippen LogP contribution in [-0.2, 0) is 6.42 Å². The SMILES string of the molecule is CC(C)=CCc1c(O)c2c(c3c1OC1c4cc5c(cc4OCC31)OC(C)(C)C=C5)C=CC(C)(C)O2. The number of rotatable bonds is 2. The van der Waals surface area contributed by atoms with Crippen LogP contribution in [0.15, 0.2) is 35.9 Å². The van der Waals surface area contributed by atoms with Crippen molar-refractivity contribution >= 4 is 12.2 Å². The largest absolute Gasteiger partial charge is 0.504 e. The first kappa shape index (κ1) is 22.1. The Balaban J connectivity index is 1.50. The fourth-order valence-corrected chi connectivity index (χ4v) is 5.39. The van der Waals surface area contributed by atoms with E-state index in [4.69, 9.17) is 18.9 Å². The van der Waals surface area contributed by atoms with Crippen LogP contribution in [0.4, 0.5) is 0 Å². The van der Waals surface area contributed by atoms with Gasteiger partial charge >= 0.3 is 0 Å². The van der Waals surface area contributed by atoms with Gasteiger partial charge in [-0.2, -0.15) is 0 Å². The molecule has 0 aromatic heterocycles. The molecule has 182 valence electrons. The van der Waals surface area contributed by atoms with Crippen LogP contribution in [0, 0.1) is 0 Å². The highest BCUT2D eigenvalue weighted by Crippen LogP contribution is 2.59. The van der Waals surface area contributed by atoms with Crippen molar-refractivity contribution in [1.82, 2.24) is 0 Å². The van der Waals surface area contributed by atoms with Gasteiger partial charge in [0.05, 0.1) is 12.5 Å². The van der Waals surface area contributed by atoms with Crippen molar-refractivity contribution in [2.24, 2.45) is 0 Å². The van der Waals surface area contributed by atoms with Gasteiger partial charge in [-0.1, -0.05) is 23.8 Å². The number of benzene rings is 2. The maximum Gasteiger partial charge on any atom is 0.170 e. The van der Waals surface area contributed by atoms with Crippen LogP contribution >= 0.6 is 0 Å². The molecule has 2 aromatic rings. The first-order chi connectivity index (χ1) is 16.5. The van der Waals surface area contributed by atoms with Crippen LogP contribution in [0.1, 0.15) is 81.4 Å². The van der Waals surface area contributed by atoms with E-state index in [1.165, 1.54) is 5.57 Å². The molecule has 6 rings (SSSR count). The van der Waals surface area contributed by atoms with Crippen LogP contribution in [0.3, 0.4) is 0 Å². The molecule has 0 saturated carbocycles. The number of ether oxygens (including phenoxy) is 4. The molecule has 0 aliphatic carbocycles. The van der Waals surface area contributed by atoms with Crippen molar-refractivity contribution in [2.75, 3.05) is 6.61 Å². The zero-order valence-electron chi connectivity index (χ0n) is 21.2. The molecular formula is C30H32O5. The summed E-state index contributed by atoms with van der Waals surface area (Å²) in [6.45, 7) is 12.7. The van der Waals surface area contributed by atoms with Crippen LogP contribution in [-0.4, -0.2) is 22.9 Å². The normalized spacial score (nSPS) is 23.3. The van der Waals surface area contributed by atoms with E-state index in [9.17, 15) is 5.11 Å². The van der Waals surface area contributed by atoms with Gasteiger partial charge in [-0.3, -0.25) is 0 Å². The monoisotopic (exact) mass is 472 g/mol. The number of phenols is 1. The van der Waals surface area contributed by atoms with E-state index in [-0.39, 0.29) is 23.4 Å². The minimum absolute atomic E-state index is 0.00487. The van der Waals surface area contributed by atoms with Gasteiger partial charge in [-0.05, 0) is 66.2 Å². The highest BCUT2D eigenvalue weighted by molar-refractivity contribution is 5.77. The molecule has 0 bridgehead atoms. The van der Waals surface area contributed by atoms with E-state index in [0.29, 0.717) is 18.8 Å². The summed E-state index contributed by atoms with van der Waals surface area (Å²) < 4.78 is 25.5. The Bertz CT molecular complexity index is 1340.